The van der Waals surface area contributed by atoms with Gasteiger partial charge in [0.05, 0.1) is 4.92 Å². The molecule has 2 bridgehead atoms. The van der Waals surface area contributed by atoms with E-state index in [0.717, 1.165) is 0 Å². The molecule has 2 aliphatic rings. The van der Waals surface area contributed by atoms with E-state index < -0.39 is 11.0 Å². The molecule has 0 radical (unpaired) electrons. The fraction of sp³-hybridized carbons (Fsp3) is 0.273. The number of amides is 1. The third-order valence-corrected chi connectivity index (χ3v) is 2.48. The molecular weight excluding hydrogens is 272 g/mol. The molecule has 7 nitrogen and oxygen atoms in total. The van der Waals surface area contributed by atoms with Gasteiger partial charge in [-0.3, -0.25) is 20.2 Å². The van der Waals surface area contributed by atoms with Gasteiger partial charge in [-0.15, -0.1) is 12.6 Å². The van der Waals surface area contributed by atoms with Crippen LogP contribution in [0.5, 0.6) is 0 Å². The second-order valence-electron chi connectivity index (χ2n) is 3.56. The van der Waals surface area contributed by atoms with E-state index in [9.17, 15) is 19.7 Å². The van der Waals surface area contributed by atoms with Crippen molar-refractivity contribution in [3.63, 3.8) is 0 Å². The maximum absolute atomic E-state index is 10.9. The van der Waals surface area contributed by atoms with Crippen LogP contribution in [0.25, 0.3) is 0 Å². The number of carbonyl (C=O) groups excluding carboxylic acids is 2. The highest BCUT2D eigenvalue weighted by Crippen LogP contribution is 2.27. The zero-order valence-corrected chi connectivity index (χ0v) is 11.0. The SMILES string of the molecule is CCC(=O)S.O=C1Nc2ccc(cc2[N+](=O)[O-])CO1. The molecule has 2 heterocycles. The first-order valence-electron chi connectivity index (χ1n) is 5.37. The van der Waals surface area contributed by atoms with E-state index in [1.54, 1.807) is 13.0 Å². The molecule has 102 valence electrons. The zero-order chi connectivity index (χ0) is 14.4. The first-order chi connectivity index (χ1) is 8.93. The highest BCUT2D eigenvalue weighted by Gasteiger charge is 2.20. The molecule has 2 aliphatic heterocycles. The summed E-state index contributed by atoms with van der Waals surface area (Å²) in [7, 11) is 0. The van der Waals surface area contributed by atoms with Crippen molar-refractivity contribution in [3.05, 3.63) is 33.9 Å². The summed E-state index contributed by atoms with van der Waals surface area (Å²) in [5.41, 5.74) is 0.651. The highest BCUT2D eigenvalue weighted by molar-refractivity contribution is 7.96. The molecule has 0 unspecified atom stereocenters. The minimum atomic E-state index is -0.672. The number of anilines is 1. The van der Waals surface area contributed by atoms with Crippen molar-refractivity contribution in [1.29, 1.82) is 0 Å². The molecule has 0 aromatic heterocycles. The van der Waals surface area contributed by atoms with Crippen molar-refractivity contribution in [3.8, 4) is 0 Å². The predicted molar refractivity (Wildman–Crippen MR) is 71.2 cm³/mol. The molecule has 0 fully saturated rings. The van der Waals surface area contributed by atoms with Crippen LogP contribution in [0.1, 0.15) is 18.9 Å². The van der Waals surface area contributed by atoms with Crippen LogP contribution in [0.2, 0.25) is 0 Å². The molecular formula is C11H12N2O5S. The first kappa shape index (κ1) is 15.0. The van der Waals surface area contributed by atoms with Crippen LogP contribution in [0.15, 0.2) is 18.2 Å². The van der Waals surface area contributed by atoms with Crippen molar-refractivity contribution in [2.45, 2.75) is 20.0 Å². The Kier molecular flexibility index (Phi) is 5.31. The van der Waals surface area contributed by atoms with Gasteiger partial charge >= 0.3 is 6.09 Å². The van der Waals surface area contributed by atoms with Crippen LogP contribution in [0.4, 0.5) is 16.2 Å². The second-order valence-corrected chi connectivity index (χ2v) is 4.06. The van der Waals surface area contributed by atoms with Crippen molar-refractivity contribution < 1.29 is 19.2 Å². The van der Waals surface area contributed by atoms with Gasteiger partial charge in [-0.1, -0.05) is 13.0 Å². The highest BCUT2D eigenvalue weighted by atomic mass is 32.1. The van der Waals surface area contributed by atoms with E-state index in [2.05, 4.69) is 17.9 Å². The third-order valence-electron chi connectivity index (χ3n) is 2.17. The summed E-state index contributed by atoms with van der Waals surface area (Å²) in [6.07, 6.45) is -0.141. The standard InChI is InChI=1S/C8H6N2O4.C3H6OS/c11-8-9-6-2-1-5(4-14-8)3-7(6)10(12)13;1-2-3(4)5/h1-3H,4H2,(H,9,11);2H2,1H3,(H,4,5). The van der Waals surface area contributed by atoms with E-state index in [4.69, 9.17) is 4.74 Å². The number of nitro benzene ring substituents is 1. The number of rotatable bonds is 2. The van der Waals surface area contributed by atoms with Crippen LogP contribution >= 0.6 is 12.6 Å². The molecule has 1 N–H and O–H groups in total. The van der Waals surface area contributed by atoms with E-state index in [0.29, 0.717) is 12.0 Å². The number of fused-ring (bicyclic) bond motifs is 5. The Labute approximate surface area is 114 Å². The molecule has 1 aromatic rings. The maximum Gasteiger partial charge on any atom is 0.412 e. The fourth-order valence-corrected chi connectivity index (χ4v) is 1.22. The molecule has 0 spiro atoms. The van der Waals surface area contributed by atoms with Crippen LogP contribution in [-0.4, -0.2) is 16.1 Å². The molecule has 19 heavy (non-hydrogen) atoms. The average Bonchev–Trinajstić information content (AvgIpc) is 2.34. The average molecular weight is 284 g/mol. The lowest BCUT2D eigenvalue weighted by Gasteiger charge is -2.12. The maximum atomic E-state index is 10.9. The summed E-state index contributed by atoms with van der Waals surface area (Å²) in [5.74, 6) is 0. The number of ether oxygens (including phenoxy) is 1. The summed E-state index contributed by atoms with van der Waals surface area (Å²) in [4.78, 5) is 30.7. The summed E-state index contributed by atoms with van der Waals surface area (Å²) in [6.45, 7) is 1.82. The van der Waals surface area contributed by atoms with Crippen molar-refractivity contribution in [1.82, 2.24) is 0 Å². The Bertz CT molecular complexity index is 518. The van der Waals surface area contributed by atoms with Crippen molar-refractivity contribution in [2.24, 2.45) is 0 Å². The third kappa shape index (κ3) is 4.59. The Hall–Kier alpha value is -2.09. The van der Waals surface area contributed by atoms with Crippen LogP contribution in [0.3, 0.4) is 0 Å². The summed E-state index contributed by atoms with van der Waals surface area (Å²) < 4.78 is 4.72. The summed E-state index contributed by atoms with van der Waals surface area (Å²) in [6, 6.07) is 4.55. The molecule has 0 atom stereocenters. The monoisotopic (exact) mass is 284 g/mol. The Balaban J connectivity index is 0.000000312. The number of nitrogens with one attached hydrogen (secondary N) is 1. The largest absolute Gasteiger partial charge is 0.444 e. The van der Waals surface area contributed by atoms with E-state index >= 15 is 0 Å². The van der Waals surface area contributed by atoms with Gasteiger partial charge in [-0.25, -0.2) is 4.79 Å². The Morgan fingerprint density at radius 1 is 1.58 bits per heavy atom. The van der Waals surface area contributed by atoms with Gasteiger partial charge in [0, 0.05) is 12.5 Å². The van der Waals surface area contributed by atoms with Crippen LogP contribution in [0, 0.1) is 10.1 Å². The number of thiol groups is 1. The fourth-order valence-electron chi connectivity index (χ4n) is 1.22. The molecule has 8 heteroatoms. The Morgan fingerprint density at radius 2 is 2.21 bits per heavy atom. The molecule has 3 rings (SSSR count). The second kappa shape index (κ2) is 6.74. The van der Waals surface area contributed by atoms with Crippen molar-refractivity contribution in [2.75, 3.05) is 5.32 Å². The summed E-state index contributed by atoms with van der Waals surface area (Å²) >= 11 is 3.46. The normalized spacial score (nSPS) is 12.2. The van der Waals surface area contributed by atoms with Gasteiger partial charge in [0.25, 0.3) is 5.69 Å². The molecule has 0 saturated heterocycles. The number of nitrogens with zero attached hydrogens (tertiary/aromatic N) is 1. The van der Waals surface area contributed by atoms with E-state index in [1.165, 1.54) is 12.1 Å². The lowest BCUT2D eigenvalue weighted by atomic mass is 10.1. The van der Waals surface area contributed by atoms with Crippen LogP contribution in [-0.2, 0) is 16.1 Å². The predicted octanol–water partition coefficient (Wildman–Crippen LogP) is 2.51. The van der Waals surface area contributed by atoms with Gasteiger partial charge in [-0.05, 0) is 11.6 Å². The smallest absolute Gasteiger partial charge is 0.412 e. The zero-order valence-electron chi connectivity index (χ0n) is 10.1. The number of nitro groups is 1. The van der Waals surface area contributed by atoms with Crippen molar-refractivity contribution >= 4 is 35.2 Å². The number of carbonyl (C=O) groups is 2. The van der Waals surface area contributed by atoms with E-state index in [1.807, 2.05) is 0 Å². The lowest BCUT2D eigenvalue weighted by molar-refractivity contribution is -0.384. The molecule has 1 aromatic carbocycles. The minimum absolute atomic E-state index is 0.0486. The van der Waals surface area contributed by atoms with E-state index in [-0.39, 0.29) is 23.1 Å². The van der Waals surface area contributed by atoms with Crippen LogP contribution < -0.4 is 5.32 Å². The topological polar surface area (TPSA) is 98.5 Å². The van der Waals surface area contributed by atoms with Gasteiger partial charge in [0.2, 0.25) is 0 Å². The minimum Gasteiger partial charge on any atom is -0.444 e. The molecule has 1 amide bonds. The quantitative estimate of drug-likeness (QED) is 0.494. The molecule has 0 saturated carbocycles. The number of hydrogen-bond donors (Lipinski definition) is 2. The number of benzene rings is 1. The molecule has 0 aliphatic carbocycles. The van der Waals surface area contributed by atoms with Gasteiger partial charge < -0.3 is 4.74 Å². The first-order valence-corrected chi connectivity index (χ1v) is 5.81. The number of hydrogen-bond acceptors (Lipinski definition) is 5. The lowest BCUT2D eigenvalue weighted by Crippen LogP contribution is -2.17. The summed E-state index contributed by atoms with van der Waals surface area (Å²) in [5, 5.41) is 12.8. The van der Waals surface area contributed by atoms with Gasteiger partial charge in [-0.2, -0.15) is 0 Å². The Morgan fingerprint density at radius 3 is 2.74 bits per heavy atom. The van der Waals surface area contributed by atoms with Gasteiger partial charge in [0.15, 0.2) is 5.12 Å². The van der Waals surface area contributed by atoms with Gasteiger partial charge in [0.1, 0.15) is 12.3 Å².